The number of amides is 1. The summed E-state index contributed by atoms with van der Waals surface area (Å²) < 4.78 is 18.4. The average molecular weight is 340 g/mol. The zero-order valence-electron chi connectivity index (χ0n) is 10.3. The van der Waals surface area contributed by atoms with Crippen LogP contribution in [0.5, 0.6) is 0 Å². The number of halogens is 2. The van der Waals surface area contributed by atoms with Crippen molar-refractivity contribution in [2.45, 2.75) is 0 Å². The van der Waals surface area contributed by atoms with Crippen molar-refractivity contribution in [1.29, 1.82) is 0 Å². The van der Waals surface area contributed by atoms with Crippen LogP contribution in [0.15, 0.2) is 50.6 Å². The third-order valence-electron chi connectivity index (χ3n) is 2.27. The van der Waals surface area contributed by atoms with Crippen LogP contribution in [-0.4, -0.2) is 18.7 Å². The number of furan rings is 1. The Morgan fingerprint density at radius 1 is 1.30 bits per heavy atom. The molecule has 104 valence electrons. The van der Waals surface area contributed by atoms with Crippen molar-refractivity contribution >= 4 is 33.7 Å². The largest absolute Gasteiger partial charge is 0.448 e. The monoisotopic (exact) mass is 339 g/mol. The summed E-state index contributed by atoms with van der Waals surface area (Å²) in [5.74, 6) is -0.130. The number of nitrogens with one attached hydrogen (secondary N) is 2. The molecule has 0 atom stereocenters. The van der Waals surface area contributed by atoms with E-state index in [0.29, 0.717) is 16.1 Å². The summed E-state index contributed by atoms with van der Waals surface area (Å²) in [4.78, 5) is 11.5. The number of rotatable bonds is 5. The van der Waals surface area contributed by atoms with Gasteiger partial charge in [-0.25, -0.2) is 9.82 Å². The van der Waals surface area contributed by atoms with Crippen LogP contribution < -0.4 is 10.7 Å². The fraction of sp³-hybridized carbons (Fsp3) is 0.0769. The first-order chi connectivity index (χ1) is 9.63. The van der Waals surface area contributed by atoms with Gasteiger partial charge in [0, 0.05) is 5.69 Å². The first kappa shape index (κ1) is 14.3. The maximum atomic E-state index is 12.7. The van der Waals surface area contributed by atoms with Crippen LogP contribution in [0.2, 0.25) is 0 Å². The molecule has 1 aromatic heterocycles. The van der Waals surface area contributed by atoms with Gasteiger partial charge in [-0.05, 0) is 52.3 Å². The Hall–Kier alpha value is -2.15. The van der Waals surface area contributed by atoms with Crippen LogP contribution in [0.25, 0.3) is 0 Å². The van der Waals surface area contributed by atoms with E-state index in [0.717, 1.165) is 0 Å². The zero-order chi connectivity index (χ0) is 14.4. The predicted octanol–water partition coefficient (Wildman–Crippen LogP) is 2.74. The van der Waals surface area contributed by atoms with Crippen LogP contribution in [0.3, 0.4) is 0 Å². The lowest BCUT2D eigenvalue weighted by molar-refractivity contribution is -0.119. The van der Waals surface area contributed by atoms with Crippen molar-refractivity contribution in [2.75, 3.05) is 11.9 Å². The minimum Gasteiger partial charge on any atom is -0.448 e. The van der Waals surface area contributed by atoms with Crippen LogP contribution in [-0.2, 0) is 4.79 Å². The molecule has 0 saturated carbocycles. The molecule has 1 aromatic carbocycles. The Morgan fingerprint density at radius 2 is 2.05 bits per heavy atom. The van der Waals surface area contributed by atoms with E-state index in [4.69, 9.17) is 4.42 Å². The van der Waals surface area contributed by atoms with Crippen molar-refractivity contribution in [3.63, 3.8) is 0 Å². The summed E-state index contributed by atoms with van der Waals surface area (Å²) in [5.41, 5.74) is 2.99. The quantitative estimate of drug-likeness (QED) is 0.650. The van der Waals surface area contributed by atoms with Gasteiger partial charge in [-0.1, -0.05) is 0 Å². The van der Waals surface area contributed by atoms with Crippen molar-refractivity contribution in [1.82, 2.24) is 5.43 Å². The highest BCUT2D eigenvalue weighted by atomic mass is 79.9. The number of anilines is 1. The molecule has 0 aliphatic heterocycles. The molecule has 5 nitrogen and oxygen atoms in total. The molecular formula is C13H11BrFN3O2. The van der Waals surface area contributed by atoms with Gasteiger partial charge in [0.2, 0.25) is 0 Å². The third kappa shape index (κ3) is 4.51. The molecule has 1 heterocycles. The molecule has 0 unspecified atom stereocenters. The summed E-state index contributed by atoms with van der Waals surface area (Å²) in [6, 6.07) is 9.15. The summed E-state index contributed by atoms with van der Waals surface area (Å²) >= 11 is 3.16. The highest BCUT2D eigenvalue weighted by Gasteiger charge is 2.00. The maximum Gasteiger partial charge on any atom is 0.259 e. The zero-order valence-corrected chi connectivity index (χ0v) is 11.9. The lowest BCUT2D eigenvalue weighted by Gasteiger charge is -2.04. The van der Waals surface area contributed by atoms with Gasteiger partial charge in [-0.2, -0.15) is 5.10 Å². The van der Waals surface area contributed by atoms with E-state index in [1.165, 1.54) is 18.3 Å². The lowest BCUT2D eigenvalue weighted by atomic mass is 10.3. The van der Waals surface area contributed by atoms with Crippen molar-refractivity contribution in [3.8, 4) is 0 Å². The normalized spacial score (nSPS) is 10.7. The van der Waals surface area contributed by atoms with E-state index in [2.05, 4.69) is 31.8 Å². The molecule has 2 rings (SSSR count). The predicted molar refractivity (Wildman–Crippen MR) is 77.0 cm³/mol. The fourth-order valence-corrected chi connectivity index (χ4v) is 1.67. The average Bonchev–Trinajstić information content (AvgIpc) is 2.84. The molecule has 0 saturated heterocycles. The molecule has 0 spiro atoms. The lowest BCUT2D eigenvalue weighted by Crippen LogP contribution is -2.25. The number of carbonyl (C=O) groups excluding carboxylic acids is 1. The van der Waals surface area contributed by atoms with E-state index in [1.54, 1.807) is 24.3 Å². The SMILES string of the molecule is O=C(CNc1ccc(F)cc1)N/N=C\c1ccc(Br)o1. The van der Waals surface area contributed by atoms with E-state index >= 15 is 0 Å². The van der Waals surface area contributed by atoms with Crippen molar-refractivity contribution in [2.24, 2.45) is 5.10 Å². The summed E-state index contributed by atoms with van der Waals surface area (Å²) in [7, 11) is 0. The topological polar surface area (TPSA) is 66.6 Å². The molecule has 0 aliphatic rings. The van der Waals surface area contributed by atoms with E-state index in [9.17, 15) is 9.18 Å². The molecular weight excluding hydrogens is 329 g/mol. The number of carbonyl (C=O) groups is 1. The van der Waals surface area contributed by atoms with Crippen LogP contribution in [0.1, 0.15) is 5.76 Å². The Kier molecular flexibility index (Phi) is 4.89. The van der Waals surface area contributed by atoms with Gasteiger partial charge in [0.1, 0.15) is 11.6 Å². The van der Waals surface area contributed by atoms with Crippen molar-refractivity contribution < 1.29 is 13.6 Å². The maximum absolute atomic E-state index is 12.7. The fourth-order valence-electron chi connectivity index (χ4n) is 1.36. The van der Waals surface area contributed by atoms with E-state index < -0.39 is 0 Å². The standard InChI is InChI=1S/C13H11BrFN3O2/c14-12-6-5-11(20-12)7-17-18-13(19)8-16-10-3-1-9(15)2-4-10/h1-7,16H,8H2,(H,18,19)/b17-7-. The highest BCUT2D eigenvalue weighted by molar-refractivity contribution is 9.10. The van der Waals surface area contributed by atoms with Gasteiger partial charge in [-0.3, -0.25) is 4.79 Å². The van der Waals surface area contributed by atoms with Crippen LogP contribution >= 0.6 is 15.9 Å². The van der Waals surface area contributed by atoms with Gasteiger partial charge in [0.25, 0.3) is 5.91 Å². The number of hydrogen-bond donors (Lipinski definition) is 2. The molecule has 20 heavy (non-hydrogen) atoms. The first-order valence-corrected chi connectivity index (χ1v) is 6.49. The molecule has 7 heteroatoms. The smallest absolute Gasteiger partial charge is 0.259 e. The summed E-state index contributed by atoms with van der Waals surface area (Å²) in [5, 5.41) is 6.58. The van der Waals surface area contributed by atoms with E-state index in [1.807, 2.05) is 0 Å². The molecule has 1 amide bonds. The number of hydrogen-bond acceptors (Lipinski definition) is 4. The van der Waals surface area contributed by atoms with Crippen molar-refractivity contribution in [3.05, 3.63) is 52.6 Å². The van der Waals surface area contributed by atoms with Crippen LogP contribution in [0, 0.1) is 5.82 Å². The van der Waals surface area contributed by atoms with Gasteiger partial charge in [0.05, 0.1) is 12.8 Å². The van der Waals surface area contributed by atoms with Crippen LogP contribution in [0.4, 0.5) is 10.1 Å². The Bertz CT molecular complexity index is 610. The molecule has 0 fully saturated rings. The minimum atomic E-state index is -0.325. The van der Waals surface area contributed by atoms with Gasteiger partial charge < -0.3 is 9.73 Å². The second-order valence-electron chi connectivity index (χ2n) is 3.80. The second-order valence-corrected chi connectivity index (χ2v) is 4.58. The Labute approximate surface area is 123 Å². The summed E-state index contributed by atoms with van der Waals surface area (Å²) in [6.45, 7) is 0.0326. The minimum absolute atomic E-state index is 0.0326. The van der Waals surface area contributed by atoms with Gasteiger partial charge >= 0.3 is 0 Å². The number of nitrogens with zero attached hydrogens (tertiary/aromatic N) is 1. The Balaban J connectivity index is 1.75. The van der Waals surface area contributed by atoms with E-state index in [-0.39, 0.29) is 18.3 Å². The molecule has 0 bridgehead atoms. The highest BCUT2D eigenvalue weighted by Crippen LogP contribution is 2.12. The molecule has 0 radical (unpaired) electrons. The first-order valence-electron chi connectivity index (χ1n) is 5.70. The molecule has 0 aliphatic carbocycles. The second kappa shape index (κ2) is 6.85. The summed E-state index contributed by atoms with van der Waals surface area (Å²) in [6.07, 6.45) is 1.39. The molecule has 2 N–H and O–H groups in total. The van der Waals surface area contributed by atoms with Gasteiger partial charge in [-0.15, -0.1) is 0 Å². The number of hydrazone groups is 1. The third-order valence-corrected chi connectivity index (χ3v) is 2.70. The Morgan fingerprint density at radius 3 is 2.70 bits per heavy atom. The molecule has 2 aromatic rings. The number of benzene rings is 1. The van der Waals surface area contributed by atoms with Gasteiger partial charge in [0.15, 0.2) is 4.67 Å².